The number of carbonyl (C=O) groups excluding carboxylic acids is 2. The van der Waals surface area contributed by atoms with Crippen LogP contribution in [0.4, 0.5) is 30.6 Å². The smallest absolute Gasteiger partial charge is 0.329 e. The van der Waals surface area contributed by atoms with Crippen molar-refractivity contribution in [3.63, 3.8) is 0 Å². The third-order valence-corrected chi connectivity index (χ3v) is 5.55. The van der Waals surface area contributed by atoms with E-state index in [1.807, 2.05) is 19.0 Å². The second kappa shape index (κ2) is 10.4. The van der Waals surface area contributed by atoms with Gasteiger partial charge in [0.1, 0.15) is 5.69 Å². The van der Waals surface area contributed by atoms with E-state index in [0.717, 1.165) is 12.1 Å². The van der Waals surface area contributed by atoms with Crippen molar-refractivity contribution in [2.24, 2.45) is 5.73 Å². The molecule has 1 aromatic carbocycles. The number of hydrogen-bond donors (Lipinski definition) is 2. The molecule has 0 radical (unpaired) electrons. The number of benzene rings is 1. The van der Waals surface area contributed by atoms with E-state index < -0.39 is 23.6 Å². The zero-order valence-corrected chi connectivity index (χ0v) is 19.0. The summed E-state index contributed by atoms with van der Waals surface area (Å²) in [7, 11) is 3.74. The lowest BCUT2D eigenvalue weighted by Crippen LogP contribution is -2.43. The van der Waals surface area contributed by atoms with Crippen molar-refractivity contribution in [1.82, 2.24) is 14.8 Å². The first-order valence-electron chi connectivity index (χ1n) is 9.92. The fourth-order valence-electron chi connectivity index (χ4n) is 3.05. The molecule has 4 N–H and O–H groups in total. The molecule has 3 rings (SSSR count). The summed E-state index contributed by atoms with van der Waals surface area (Å²) in [6.07, 6.45) is 1.47. The fraction of sp³-hybridized carbons (Fsp3) is 0.227. The standard InChI is InChI=1S/C22H24F2N6O2S/c1-28(2)7-8-29(11-14-3-6-19(21(26)31)27-10-14)22(32)30(20-13-33-12-18(20)25)15-4-5-16(23)17(24)9-15/h3-6,9-10,12-13H,7-8,11,25H2,1-2H3,(H2,26,31). The molecule has 0 saturated carbocycles. The third-order valence-electron chi connectivity index (χ3n) is 4.80. The molecule has 0 aliphatic carbocycles. The summed E-state index contributed by atoms with van der Waals surface area (Å²) in [5.74, 6) is -2.75. The lowest BCUT2D eigenvalue weighted by molar-refractivity contribution is 0.0995. The minimum Gasteiger partial charge on any atom is -0.396 e. The number of nitrogen functional groups attached to an aromatic ring is 1. The summed E-state index contributed by atoms with van der Waals surface area (Å²) >= 11 is 1.28. The maximum atomic E-state index is 14.0. The van der Waals surface area contributed by atoms with Gasteiger partial charge in [-0.2, -0.15) is 0 Å². The van der Waals surface area contributed by atoms with Crippen LogP contribution in [-0.2, 0) is 6.54 Å². The first kappa shape index (κ1) is 24.1. The van der Waals surface area contributed by atoms with Crippen LogP contribution in [0.2, 0.25) is 0 Å². The van der Waals surface area contributed by atoms with Gasteiger partial charge in [-0.15, -0.1) is 11.3 Å². The van der Waals surface area contributed by atoms with Crippen LogP contribution in [-0.4, -0.2) is 53.9 Å². The van der Waals surface area contributed by atoms with E-state index in [2.05, 4.69) is 4.98 Å². The molecule has 0 aliphatic heterocycles. The first-order chi connectivity index (χ1) is 15.7. The molecule has 0 atom stereocenters. The first-order valence-corrected chi connectivity index (χ1v) is 10.9. The molecule has 0 spiro atoms. The molecule has 33 heavy (non-hydrogen) atoms. The van der Waals surface area contributed by atoms with Crippen LogP contribution in [0.3, 0.4) is 0 Å². The number of amides is 3. The van der Waals surface area contributed by atoms with E-state index in [1.165, 1.54) is 34.6 Å². The number of urea groups is 1. The van der Waals surface area contributed by atoms with E-state index in [4.69, 9.17) is 11.5 Å². The number of nitrogens with zero attached hydrogens (tertiary/aromatic N) is 4. The van der Waals surface area contributed by atoms with Gasteiger partial charge in [0.2, 0.25) is 0 Å². The van der Waals surface area contributed by atoms with Crippen molar-refractivity contribution < 1.29 is 18.4 Å². The number of nitrogens with two attached hydrogens (primary N) is 2. The van der Waals surface area contributed by atoms with Crippen LogP contribution in [0.15, 0.2) is 47.3 Å². The van der Waals surface area contributed by atoms with Gasteiger partial charge in [0, 0.05) is 42.7 Å². The molecule has 0 unspecified atom stereocenters. The van der Waals surface area contributed by atoms with Gasteiger partial charge in [-0.1, -0.05) is 6.07 Å². The Labute approximate surface area is 194 Å². The Morgan fingerprint density at radius 2 is 1.82 bits per heavy atom. The minimum atomic E-state index is -1.08. The maximum absolute atomic E-state index is 14.0. The molecule has 0 bridgehead atoms. The van der Waals surface area contributed by atoms with Crippen molar-refractivity contribution in [2.45, 2.75) is 6.54 Å². The Balaban J connectivity index is 1.99. The van der Waals surface area contributed by atoms with Gasteiger partial charge < -0.3 is 21.3 Å². The van der Waals surface area contributed by atoms with E-state index in [9.17, 15) is 18.4 Å². The van der Waals surface area contributed by atoms with Gasteiger partial charge >= 0.3 is 6.03 Å². The Hall–Kier alpha value is -3.57. The molecule has 2 aromatic heterocycles. The van der Waals surface area contributed by atoms with Gasteiger partial charge in [0.15, 0.2) is 11.6 Å². The average Bonchev–Trinajstić information content (AvgIpc) is 3.19. The summed E-state index contributed by atoms with van der Waals surface area (Å²) < 4.78 is 27.6. The van der Waals surface area contributed by atoms with E-state index in [1.54, 1.807) is 21.7 Å². The van der Waals surface area contributed by atoms with Crippen molar-refractivity contribution in [3.8, 4) is 0 Å². The summed E-state index contributed by atoms with van der Waals surface area (Å²) in [4.78, 5) is 33.8. The Bertz CT molecular complexity index is 1140. The lowest BCUT2D eigenvalue weighted by atomic mass is 10.2. The summed E-state index contributed by atoms with van der Waals surface area (Å²) in [5, 5.41) is 3.33. The largest absolute Gasteiger partial charge is 0.396 e. The lowest BCUT2D eigenvalue weighted by Gasteiger charge is -2.31. The van der Waals surface area contributed by atoms with Crippen LogP contribution in [0, 0.1) is 11.6 Å². The highest BCUT2D eigenvalue weighted by Gasteiger charge is 2.27. The Morgan fingerprint density at radius 3 is 2.36 bits per heavy atom. The fourth-order valence-corrected chi connectivity index (χ4v) is 3.75. The van der Waals surface area contributed by atoms with Crippen molar-refractivity contribution >= 4 is 40.3 Å². The van der Waals surface area contributed by atoms with Gasteiger partial charge in [-0.05, 0) is 37.9 Å². The highest BCUT2D eigenvalue weighted by Crippen LogP contribution is 2.35. The quantitative estimate of drug-likeness (QED) is 0.520. The zero-order valence-electron chi connectivity index (χ0n) is 18.2. The van der Waals surface area contributed by atoms with Gasteiger partial charge in [0.25, 0.3) is 5.91 Å². The molecule has 174 valence electrons. The summed E-state index contributed by atoms with van der Waals surface area (Å²) in [6.45, 7) is 1.03. The van der Waals surface area contributed by atoms with Crippen LogP contribution in [0.1, 0.15) is 16.1 Å². The molecule has 3 amide bonds. The molecular formula is C22H24F2N6O2S. The van der Waals surface area contributed by atoms with Crippen LogP contribution >= 0.6 is 11.3 Å². The number of hydrogen-bond acceptors (Lipinski definition) is 6. The van der Waals surface area contributed by atoms with Gasteiger partial charge in [-0.25, -0.2) is 13.6 Å². The molecular weight excluding hydrogens is 450 g/mol. The SMILES string of the molecule is CN(C)CCN(Cc1ccc(C(N)=O)nc1)C(=O)N(c1ccc(F)c(F)c1)c1cscc1N. The number of pyridine rings is 1. The van der Waals surface area contributed by atoms with Gasteiger partial charge in [-0.3, -0.25) is 14.7 Å². The normalized spacial score (nSPS) is 10.9. The number of anilines is 3. The minimum absolute atomic E-state index is 0.111. The van der Waals surface area contributed by atoms with Crippen molar-refractivity contribution in [3.05, 3.63) is 70.2 Å². The second-order valence-corrected chi connectivity index (χ2v) is 8.31. The predicted octanol–water partition coefficient (Wildman–Crippen LogP) is 3.42. The number of rotatable bonds is 8. The highest BCUT2D eigenvalue weighted by molar-refractivity contribution is 7.09. The summed E-state index contributed by atoms with van der Waals surface area (Å²) in [5.41, 5.74) is 12.9. The Morgan fingerprint density at radius 1 is 1.06 bits per heavy atom. The maximum Gasteiger partial charge on any atom is 0.329 e. The molecule has 0 saturated heterocycles. The van der Waals surface area contributed by atoms with Crippen molar-refractivity contribution in [2.75, 3.05) is 37.8 Å². The predicted molar refractivity (Wildman–Crippen MR) is 124 cm³/mol. The number of thiophene rings is 1. The number of primary amides is 1. The molecule has 11 heteroatoms. The number of likely N-dealkylation sites (N-methyl/N-ethyl adjacent to an activating group) is 1. The van der Waals surface area contributed by atoms with E-state index in [-0.39, 0.29) is 17.9 Å². The topological polar surface area (TPSA) is 109 Å². The average molecular weight is 475 g/mol. The molecule has 2 heterocycles. The second-order valence-electron chi connectivity index (χ2n) is 7.57. The highest BCUT2D eigenvalue weighted by atomic mass is 32.1. The Kier molecular flexibility index (Phi) is 7.56. The van der Waals surface area contributed by atoms with E-state index in [0.29, 0.717) is 30.0 Å². The number of carbonyl (C=O) groups is 2. The molecule has 0 aliphatic rings. The molecule has 0 fully saturated rings. The number of halogens is 2. The van der Waals surface area contributed by atoms with Crippen LogP contribution in [0.25, 0.3) is 0 Å². The van der Waals surface area contributed by atoms with E-state index >= 15 is 0 Å². The zero-order chi connectivity index (χ0) is 24.1. The monoisotopic (exact) mass is 474 g/mol. The molecule has 3 aromatic rings. The van der Waals surface area contributed by atoms with Crippen LogP contribution in [0.5, 0.6) is 0 Å². The number of aromatic nitrogens is 1. The van der Waals surface area contributed by atoms with Crippen LogP contribution < -0.4 is 16.4 Å². The summed E-state index contributed by atoms with van der Waals surface area (Å²) in [6, 6.07) is 5.90. The van der Waals surface area contributed by atoms with Crippen molar-refractivity contribution in [1.29, 1.82) is 0 Å². The van der Waals surface area contributed by atoms with Gasteiger partial charge in [0.05, 0.1) is 17.1 Å². The third kappa shape index (κ3) is 5.82. The molecule has 8 nitrogen and oxygen atoms in total.